The van der Waals surface area contributed by atoms with Gasteiger partial charge in [0.25, 0.3) is 0 Å². The number of hydrogen-bond donors (Lipinski definition) is 7. The van der Waals surface area contributed by atoms with E-state index < -0.39 is 66.2 Å². The first-order chi connectivity index (χ1) is 18.0. The summed E-state index contributed by atoms with van der Waals surface area (Å²) in [6, 6.07) is 4.38. The number of hydrogen-bond acceptors (Lipinski definition) is 7. The van der Waals surface area contributed by atoms with Gasteiger partial charge in [-0.1, -0.05) is 44.2 Å². The molecule has 3 amide bonds. The maximum Gasteiger partial charge on any atom is 0.326 e. The maximum atomic E-state index is 13.1. The highest BCUT2D eigenvalue weighted by molar-refractivity contribution is 5.94. The first kappa shape index (κ1) is 30.0. The normalized spacial score (nSPS) is 14.1. The molecule has 206 valence electrons. The molecule has 4 atom stereocenters. The number of aromatic nitrogens is 2. The van der Waals surface area contributed by atoms with Crippen LogP contribution in [0.2, 0.25) is 0 Å². The molecule has 1 aromatic heterocycles. The Morgan fingerprint density at radius 1 is 0.921 bits per heavy atom. The number of H-pyrrole nitrogens is 1. The number of rotatable bonds is 15. The molecular formula is C25H34N6O7. The molecule has 0 bridgehead atoms. The van der Waals surface area contributed by atoms with Crippen LogP contribution < -0.4 is 21.7 Å². The van der Waals surface area contributed by atoms with E-state index in [1.165, 1.54) is 12.5 Å². The zero-order valence-corrected chi connectivity index (χ0v) is 21.2. The number of carboxylic acids is 2. The maximum absolute atomic E-state index is 13.1. The molecule has 0 saturated heterocycles. The third-order valence-corrected chi connectivity index (χ3v) is 5.76. The van der Waals surface area contributed by atoms with Gasteiger partial charge in [0.05, 0.1) is 12.4 Å². The zero-order chi connectivity index (χ0) is 28.2. The average molecular weight is 531 g/mol. The number of nitrogens with one attached hydrogen (secondary N) is 4. The molecule has 0 aliphatic rings. The molecule has 1 heterocycles. The van der Waals surface area contributed by atoms with Crippen LogP contribution in [-0.2, 0) is 36.8 Å². The second-order valence-corrected chi connectivity index (χ2v) is 9.20. The molecule has 38 heavy (non-hydrogen) atoms. The molecule has 2 aromatic rings. The predicted molar refractivity (Wildman–Crippen MR) is 136 cm³/mol. The summed E-state index contributed by atoms with van der Waals surface area (Å²) < 4.78 is 0. The Morgan fingerprint density at radius 2 is 1.58 bits per heavy atom. The van der Waals surface area contributed by atoms with Gasteiger partial charge < -0.3 is 36.9 Å². The van der Waals surface area contributed by atoms with Crippen LogP contribution in [-0.4, -0.2) is 74.0 Å². The molecule has 0 radical (unpaired) electrons. The van der Waals surface area contributed by atoms with E-state index in [1.807, 2.05) is 30.3 Å². The van der Waals surface area contributed by atoms with Crippen molar-refractivity contribution >= 4 is 29.7 Å². The number of nitrogens with two attached hydrogens (primary N) is 1. The van der Waals surface area contributed by atoms with E-state index in [2.05, 4.69) is 25.9 Å². The molecule has 13 nitrogen and oxygen atoms in total. The number of carbonyl (C=O) groups excluding carboxylic acids is 3. The summed E-state index contributed by atoms with van der Waals surface area (Å²) in [5.41, 5.74) is 7.33. The van der Waals surface area contributed by atoms with Crippen LogP contribution >= 0.6 is 0 Å². The Bertz CT molecular complexity index is 1090. The van der Waals surface area contributed by atoms with Crippen LogP contribution in [0.4, 0.5) is 0 Å². The van der Waals surface area contributed by atoms with Gasteiger partial charge in [-0.2, -0.15) is 0 Å². The van der Waals surface area contributed by atoms with Gasteiger partial charge >= 0.3 is 11.9 Å². The Morgan fingerprint density at radius 3 is 2.13 bits per heavy atom. The number of carbonyl (C=O) groups is 5. The SMILES string of the molecule is CC(C)C(NC(=O)C(N)Cc1ccccc1)C(=O)NC(CCC(=O)O)C(=O)NC(Cc1cnc[nH]1)C(=O)O. The van der Waals surface area contributed by atoms with Gasteiger partial charge in [0.2, 0.25) is 17.7 Å². The quantitative estimate of drug-likeness (QED) is 0.159. The van der Waals surface area contributed by atoms with Crippen molar-refractivity contribution in [1.82, 2.24) is 25.9 Å². The van der Waals surface area contributed by atoms with Crippen LogP contribution in [0, 0.1) is 5.92 Å². The second-order valence-electron chi connectivity index (χ2n) is 9.20. The van der Waals surface area contributed by atoms with Gasteiger partial charge in [0.1, 0.15) is 18.1 Å². The molecule has 13 heteroatoms. The zero-order valence-electron chi connectivity index (χ0n) is 21.2. The molecular weight excluding hydrogens is 496 g/mol. The number of amides is 3. The largest absolute Gasteiger partial charge is 0.481 e. The molecule has 0 aliphatic heterocycles. The average Bonchev–Trinajstić information content (AvgIpc) is 3.37. The lowest BCUT2D eigenvalue weighted by atomic mass is 10.0. The van der Waals surface area contributed by atoms with Crippen LogP contribution in [0.25, 0.3) is 0 Å². The number of aliphatic carboxylic acids is 2. The first-order valence-corrected chi connectivity index (χ1v) is 12.1. The standard InChI is InChI=1S/C25H34N6O7/c1-14(2)21(31-22(34)17(26)10-15-6-4-3-5-7-15)24(36)29-18(8-9-20(32)33)23(35)30-19(25(37)38)11-16-12-27-13-28-16/h3-7,12-14,17-19,21H,8-11,26H2,1-2H3,(H,27,28)(H,29,36)(H,30,35)(H,31,34)(H,32,33)(H,37,38). The number of nitrogens with zero attached hydrogens (tertiary/aromatic N) is 1. The predicted octanol–water partition coefficient (Wildman–Crippen LogP) is -0.418. The van der Waals surface area contributed by atoms with E-state index in [-0.39, 0.29) is 19.3 Å². The van der Waals surface area contributed by atoms with E-state index in [9.17, 15) is 29.1 Å². The molecule has 0 saturated carbocycles. The van der Waals surface area contributed by atoms with Gasteiger partial charge in [-0.25, -0.2) is 9.78 Å². The Kier molecular flexibility index (Phi) is 11.4. The fourth-order valence-electron chi connectivity index (χ4n) is 3.64. The summed E-state index contributed by atoms with van der Waals surface area (Å²) in [4.78, 5) is 68.2. The van der Waals surface area contributed by atoms with Gasteiger partial charge in [-0.15, -0.1) is 0 Å². The van der Waals surface area contributed by atoms with E-state index in [0.29, 0.717) is 5.69 Å². The van der Waals surface area contributed by atoms with Crippen LogP contribution in [0.3, 0.4) is 0 Å². The first-order valence-electron chi connectivity index (χ1n) is 12.1. The smallest absolute Gasteiger partial charge is 0.326 e. The highest BCUT2D eigenvalue weighted by Crippen LogP contribution is 2.08. The molecule has 0 aliphatic carbocycles. The van der Waals surface area contributed by atoms with Crippen molar-refractivity contribution in [2.24, 2.45) is 11.7 Å². The van der Waals surface area contributed by atoms with Crippen LogP contribution in [0.1, 0.15) is 37.9 Å². The summed E-state index contributed by atoms with van der Waals surface area (Å²) in [6.45, 7) is 3.37. The van der Waals surface area contributed by atoms with E-state index in [4.69, 9.17) is 10.8 Å². The minimum atomic E-state index is -1.36. The molecule has 8 N–H and O–H groups in total. The monoisotopic (exact) mass is 530 g/mol. The summed E-state index contributed by atoms with van der Waals surface area (Å²) in [5.74, 6) is -5.11. The summed E-state index contributed by atoms with van der Waals surface area (Å²) in [6.07, 6.45) is 2.15. The number of imidazole rings is 1. The molecule has 2 rings (SSSR count). The lowest BCUT2D eigenvalue weighted by Gasteiger charge is -2.27. The molecule has 0 spiro atoms. The third-order valence-electron chi connectivity index (χ3n) is 5.76. The summed E-state index contributed by atoms with van der Waals surface area (Å²) in [5, 5.41) is 26.0. The minimum absolute atomic E-state index is 0.106. The van der Waals surface area contributed by atoms with Gasteiger partial charge in [-0.3, -0.25) is 19.2 Å². The van der Waals surface area contributed by atoms with Crippen molar-refractivity contribution in [3.8, 4) is 0 Å². The summed E-state index contributed by atoms with van der Waals surface area (Å²) >= 11 is 0. The van der Waals surface area contributed by atoms with E-state index >= 15 is 0 Å². The van der Waals surface area contributed by atoms with E-state index in [1.54, 1.807) is 13.8 Å². The summed E-state index contributed by atoms with van der Waals surface area (Å²) in [7, 11) is 0. The fraction of sp³-hybridized carbons (Fsp3) is 0.440. The molecule has 1 aromatic carbocycles. The number of carboxylic acid groups (broad SMARTS) is 2. The van der Waals surface area contributed by atoms with Crippen molar-refractivity contribution in [3.63, 3.8) is 0 Å². The number of benzene rings is 1. The Balaban J connectivity index is 2.10. The topological polar surface area (TPSA) is 217 Å². The molecule has 4 unspecified atom stereocenters. The number of aromatic amines is 1. The lowest BCUT2D eigenvalue weighted by molar-refractivity contribution is -0.143. The van der Waals surface area contributed by atoms with E-state index in [0.717, 1.165) is 5.56 Å². The minimum Gasteiger partial charge on any atom is -0.481 e. The van der Waals surface area contributed by atoms with Crippen LogP contribution in [0.15, 0.2) is 42.9 Å². The Hall–Kier alpha value is -4.26. The molecule has 0 fully saturated rings. The van der Waals surface area contributed by atoms with Crippen molar-refractivity contribution in [1.29, 1.82) is 0 Å². The Labute approximate surface area is 219 Å². The van der Waals surface area contributed by atoms with Crippen LogP contribution in [0.5, 0.6) is 0 Å². The lowest BCUT2D eigenvalue weighted by Crippen LogP contribution is -2.58. The second kappa shape index (κ2) is 14.5. The highest BCUT2D eigenvalue weighted by Gasteiger charge is 2.32. The van der Waals surface area contributed by atoms with Crippen molar-refractivity contribution in [3.05, 3.63) is 54.1 Å². The van der Waals surface area contributed by atoms with Crippen molar-refractivity contribution in [2.45, 2.75) is 63.7 Å². The highest BCUT2D eigenvalue weighted by atomic mass is 16.4. The van der Waals surface area contributed by atoms with Crippen molar-refractivity contribution < 1.29 is 34.2 Å². The fourth-order valence-corrected chi connectivity index (χ4v) is 3.64. The third kappa shape index (κ3) is 9.65. The van der Waals surface area contributed by atoms with Gasteiger partial charge in [-0.05, 0) is 24.3 Å². The van der Waals surface area contributed by atoms with Gasteiger partial charge in [0, 0.05) is 24.7 Å². The van der Waals surface area contributed by atoms with Crippen molar-refractivity contribution in [2.75, 3.05) is 0 Å². The van der Waals surface area contributed by atoms with Gasteiger partial charge in [0.15, 0.2) is 0 Å².